The predicted molar refractivity (Wildman–Crippen MR) is 80.9 cm³/mol. The van der Waals surface area contributed by atoms with Gasteiger partial charge in [0.2, 0.25) is 0 Å². The molecule has 140 valence electrons. The maximum Gasteiger partial charge on any atom is 0.187 e. The van der Waals surface area contributed by atoms with Crippen LogP contribution in [0, 0.1) is 0 Å². The molecular weight excluding hydrogens is 324 g/mol. The first-order valence-electron chi connectivity index (χ1n) is 7.18. The summed E-state index contributed by atoms with van der Waals surface area (Å²) in [6, 6.07) is 0. The van der Waals surface area contributed by atoms with Gasteiger partial charge in [0, 0.05) is 0 Å². The molecule has 0 aliphatic rings. The summed E-state index contributed by atoms with van der Waals surface area (Å²) in [6.07, 6.45) is -4.62. The van der Waals surface area contributed by atoms with Crippen molar-refractivity contribution in [1.29, 1.82) is 0 Å². The normalized spacial score (nSPS) is 24.5. The summed E-state index contributed by atoms with van der Waals surface area (Å²) in [5.41, 5.74) is -11.9. The molecule has 0 bridgehead atoms. The van der Waals surface area contributed by atoms with E-state index in [9.17, 15) is 45.0 Å². The van der Waals surface area contributed by atoms with E-state index in [2.05, 4.69) is 0 Å². The molecule has 0 rings (SSSR count). The van der Waals surface area contributed by atoms with E-state index in [-0.39, 0.29) is 0 Å². The van der Waals surface area contributed by atoms with Gasteiger partial charge in [-0.15, -0.1) is 0 Å². The second kappa shape index (κ2) is 6.58. The van der Waals surface area contributed by atoms with Crippen molar-refractivity contribution in [2.75, 3.05) is 0 Å². The van der Waals surface area contributed by atoms with Gasteiger partial charge in [-0.2, -0.15) is 0 Å². The molecule has 0 radical (unpaired) electrons. The summed E-state index contributed by atoms with van der Waals surface area (Å²) in [5, 5.41) is 62.1. The van der Waals surface area contributed by atoms with Crippen molar-refractivity contribution in [3.05, 3.63) is 0 Å². The SMILES string of the molecule is CC(=O)C(O)[C@](C)(O)[C@@](C)(O)[C@](C)(O)[C@@](O)(C(C)=O)C(O)C(C)=O. The molecule has 0 saturated heterocycles. The van der Waals surface area contributed by atoms with Crippen molar-refractivity contribution in [3.63, 3.8) is 0 Å². The summed E-state index contributed by atoms with van der Waals surface area (Å²) >= 11 is 0. The number of carbonyl (C=O) groups excluding carboxylic acids is 3. The first-order chi connectivity index (χ1) is 10.4. The van der Waals surface area contributed by atoms with E-state index in [1.54, 1.807) is 0 Å². The Kier molecular flexibility index (Phi) is 6.25. The van der Waals surface area contributed by atoms with Crippen molar-refractivity contribution in [1.82, 2.24) is 0 Å². The zero-order chi connectivity index (χ0) is 19.9. The van der Waals surface area contributed by atoms with Gasteiger partial charge in [-0.25, -0.2) is 0 Å². The minimum atomic E-state index is -3.22. The van der Waals surface area contributed by atoms with Gasteiger partial charge >= 0.3 is 0 Å². The number of ketones is 3. The number of hydrogen-bond donors (Lipinski definition) is 6. The van der Waals surface area contributed by atoms with Crippen LogP contribution in [0.15, 0.2) is 0 Å². The van der Waals surface area contributed by atoms with Crippen molar-refractivity contribution in [2.45, 2.75) is 76.2 Å². The van der Waals surface area contributed by atoms with Crippen LogP contribution in [0.5, 0.6) is 0 Å². The van der Waals surface area contributed by atoms with Crippen LogP contribution in [0.4, 0.5) is 0 Å². The van der Waals surface area contributed by atoms with E-state index in [0.29, 0.717) is 6.92 Å². The molecule has 0 heterocycles. The second-order valence-electron chi connectivity index (χ2n) is 6.64. The minimum Gasteiger partial charge on any atom is -0.384 e. The van der Waals surface area contributed by atoms with Gasteiger partial charge in [0.15, 0.2) is 29.1 Å². The van der Waals surface area contributed by atoms with E-state index >= 15 is 0 Å². The van der Waals surface area contributed by atoms with Gasteiger partial charge < -0.3 is 30.6 Å². The van der Waals surface area contributed by atoms with Crippen LogP contribution < -0.4 is 0 Å². The highest BCUT2D eigenvalue weighted by Crippen LogP contribution is 2.43. The third kappa shape index (κ3) is 3.03. The smallest absolute Gasteiger partial charge is 0.187 e. The number of carbonyl (C=O) groups is 3. The maximum absolute atomic E-state index is 11.9. The van der Waals surface area contributed by atoms with Crippen LogP contribution in [0.1, 0.15) is 41.5 Å². The lowest BCUT2D eigenvalue weighted by atomic mass is 9.61. The lowest BCUT2D eigenvalue weighted by Crippen LogP contribution is -2.80. The first-order valence-corrected chi connectivity index (χ1v) is 7.18. The lowest BCUT2D eigenvalue weighted by molar-refractivity contribution is -0.300. The zero-order valence-corrected chi connectivity index (χ0v) is 14.6. The Bertz CT molecular complexity index is 535. The van der Waals surface area contributed by atoms with Crippen LogP contribution >= 0.6 is 0 Å². The quantitative estimate of drug-likeness (QED) is 0.276. The third-order valence-electron chi connectivity index (χ3n) is 4.91. The molecule has 9 heteroatoms. The van der Waals surface area contributed by atoms with Crippen LogP contribution in [0.3, 0.4) is 0 Å². The van der Waals surface area contributed by atoms with Gasteiger partial charge in [-0.1, -0.05) is 0 Å². The third-order valence-corrected chi connectivity index (χ3v) is 4.91. The van der Waals surface area contributed by atoms with Gasteiger partial charge in [0.25, 0.3) is 0 Å². The fraction of sp³-hybridized carbons (Fsp3) is 0.800. The Morgan fingerprint density at radius 2 is 1.04 bits per heavy atom. The molecule has 0 amide bonds. The Labute approximate surface area is 139 Å². The van der Waals surface area contributed by atoms with E-state index in [1.165, 1.54) is 0 Å². The zero-order valence-electron chi connectivity index (χ0n) is 14.6. The Morgan fingerprint density at radius 1 is 0.708 bits per heavy atom. The van der Waals surface area contributed by atoms with Crippen molar-refractivity contribution in [2.24, 2.45) is 0 Å². The molecular formula is C15H26O9. The van der Waals surface area contributed by atoms with Crippen molar-refractivity contribution >= 4 is 17.3 Å². The molecule has 24 heavy (non-hydrogen) atoms. The Hall–Kier alpha value is -1.23. The molecule has 0 aromatic heterocycles. The van der Waals surface area contributed by atoms with Gasteiger partial charge in [0.1, 0.15) is 22.9 Å². The van der Waals surface area contributed by atoms with Crippen LogP contribution in [0.2, 0.25) is 0 Å². The standard InChI is InChI=1S/C15H26O9/c1-7(16)10(19)12(4,21)13(5,22)14(6,23)15(24,9(3)18)11(20)8(2)17/h10-11,19-24H,1-6H3/t10?,11?,12-,13+,14-,15+/m0/s1. The summed E-state index contributed by atoms with van der Waals surface area (Å²) < 4.78 is 0. The molecule has 6 N–H and O–H groups in total. The summed E-state index contributed by atoms with van der Waals surface area (Å²) in [4.78, 5) is 34.7. The molecule has 0 aliphatic carbocycles. The Balaban J connectivity index is 6.48. The molecule has 9 nitrogen and oxygen atoms in total. The molecule has 0 aromatic carbocycles. The fourth-order valence-corrected chi connectivity index (χ4v) is 2.62. The highest BCUT2D eigenvalue weighted by Gasteiger charge is 2.69. The summed E-state index contributed by atoms with van der Waals surface area (Å²) in [7, 11) is 0. The average molecular weight is 350 g/mol. The highest BCUT2D eigenvalue weighted by atomic mass is 16.4. The molecule has 0 fully saturated rings. The molecule has 0 aromatic rings. The molecule has 2 unspecified atom stereocenters. The van der Waals surface area contributed by atoms with Gasteiger partial charge in [-0.3, -0.25) is 14.4 Å². The molecule has 0 saturated carbocycles. The largest absolute Gasteiger partial charge is 0.384 e. The van der Waals surface area contributed by atoms with Crippen LogP contribution in [-0.4, -0.2) is 82.6 Å². The van der Waals surface area contributed by atoms with Gasteiger partial charge in [0.05, 0.1) is 0 Å². The minimum absolute atomic E-state index is 0.696. The first kappa shape index (κ1) is 22.8. The monoisotopic (exact) mass is 350 g/mol. The number of hydrogen-bond acceptors (Lipinski definition) is 9. The Morgan fingerprint density at radius 3 is 1.29 bits per heavy atom. The van der Waals surface area contributed by atoms with Crippen molar-refractivity contribution < 1.29 is 45.0 Å². The number of aliphatic hydroxyl groups is 6. The highest BCUT2D eigenvalue weighted by molar-refractivity contribution is 5.95. The van der Waals surface area contributed by atoms with E-state index in [1.807, 2.05) is 0 Å². The number of rotatable bonds is 8. The van der Waals surface area contributed by atoms with E-state index in [4.69, 9.17) is 0 Å². The molecule has 0 aliphatic heterocycles. The molecule has 6 atom stereocenters. The van der Waals surface area contributed by atoms with Crippen molar-refractivity contribution in [3.8, 4) is 0 Å². The maximum atomic E-state index is 11.9. The summed E-state index contributed by atoms with van der Waals surface area (Å²) in [5.74, 6) is -3.33. The van der Waals surface area contributed by atoms with E-state index in [0.717, 1.165) is 34.6 Å². The molecule has 0 spiro atoms. The van der Waals surface area contributed by atoms with E-state index < -0.39 is 52.0 Å². The fourth-order valence-electron chi connectivity index (χ4n) is 2.62. The topological polar surface area (TPSA) is 173 Å². The average Bonchev–Trinajstić information content (AvgIpc) is 2.43. The van der Waals surface area contributed by atoms with Crippen LogP contribution in [-0.2, 0) is 14.4 Å². The van der Waals surface area contributed by atoms with Crippen LogP contribution in [0.25, 0.3) is 0 Å². The lowest BCUT2D eigenvalue weighted by Gasteiger charge is -2.54. The number of aliphatic hydroxyl groups excluding tert-OH is 2. The number of Topliss-reactive ketones (excluding diaryl/α,β-unsaturated/α-hetero) is 3. The second-order valence-corrected chi connectivity index (χ2v) is 6.64. The predicted octanol–water partition coefficient (Wildman–Crippen LogP) is -2.54. The summed E-state index contributed by atoms with van der Waals surface area (Å²) in [6.45, 7) is 4.75. The van der Waals surface area contributed by atoms with Gasteiger partial charge in [-0.05, 0) is 41.5 Å².